The Morgan fingerprint density at radius 3 is 2.84 bits per heavy atom. The second-order valence-corrected chi connectivity index (χ2v) is 4.33. The molecule has 1 heterocycles. The third kappa shape index (κ3) is 3.14. The van der Waals surface area contributed by atoms with Crippen molar-refractivity contribution in [2.75, 3.05) is 0 Å². The number of para-hydroxylation sites is 1. The molecule has 1 aromatic carbocycles. The molecule has 19 heavy (non-hydrogen) atoms. The minimum absolute atomic E-state index is 0.134. The van der Waals surface area contributed by atoms with Gasteiger partial charge in [-0.05, 0) is 13.3 Å². The number of rotatable bonds is 5. The Morgan fingerprint density at radius 1 is 1.47 bits per heavy atom. The Hall–Kier alpha value is -2.28. The molecule has 0 aliphatic heterocycles. The summed E-state index contributed by atoms with van der Waals surface area (Å²) in [5, 5.41) is 18.8. The quantitative estimate of drug-likeness (QED) is 0.648. The van der Waals surface area contributed by atoms with Crippen LogP contribution < -0.4 is 5.73 Å². The van der Waals surface area contributed by atoms with Gasteiger partial charge < -0.3 is 5.73 Å². The van der Waals surface area contributed by atoms with Gasteiger partial charge in [0.1, 0.15) is 0 Å². The molecule has 0 saturated heterocycles. The van der Waals surface area contributed by atoms with E-state index in [0.29, 0.717) is 24.2 Å². The van der Waals surface area contributed by atoms with E-state index in [1.807, 2.05) is 6.92 Å². The molecule has 2 N–H and O–H groups in total. The van der Waals surface area contributed by atoms with Crippen LogP contribution in [0.25, 0.3) is 0 Å². The van der Waals surface area contributed by atoms with E-state index in [1.54, 1.807) is 29.1 Å². The normalized spacial score (nSPS) is 12.3. The number of aromatic nitrogens is 3. The summed E-state index contributed by atoms with van der Waals surface area (Å²) >= 11 is 0. The molecule has 2 aromatic rings. The number of nitrogens with zero attached hydrogens (tertiary/aromatic N) is 4. The molecule has 0 radical (unpaired) electrons. The van der Waals surface area contributed by atoms with Crippen molar-refractivity contribution < 1.29 is 4.92 Å². The summed E-state index contributed by atoms with van der Waals surface area (Å²) in [6.07, 6.45) is 2.29. The summed E-state index contributed by atoms with van der Waals surface area (Å²) in [4.78, 5) is 10.5. The Morgan fingerprint density at radius 2 is 2.21 bits per heavy atom. The highest BCUT2D eigenvalue weighted by atomic mass is 16.6. The molecular formula is C12H15N5O2. The molecule has 7 heteroatoms. The Balaban J connectivity index is 2.08. The van der Waals surface area contributed by atoms with Crippen molar-refractivity contribution in [2.45, 2.75) is 25.9 Å². The number of nitrogens with two attached hydrogens (primary N) is 1. The van der Waals surface area contributed by atoms with Crippen LogP contribution in [0, 0.1) is 10.1 Å². The van der Waals surface area contributed by atoms with Crippen molar-refractivity contribution in [1.29, 1.82) is 0 Å². The molecule has 0 bridgehead atoms. The van der Waals surface area contributed by atoms with Gasteiger partial charge in [0.2, 0.25) is 0 Å². The lowest BCUT2D eigenvalue weighted by molar-refractivity contribution is -0.385. The summed E-state index contributed by atoms with van der Waals surface area (Å²) in [6.45, 7) is 2.36. The van der Waals surface area contributed by atoms with Crippen LogP contribution in [0.5, 0.6) is 0 Å². The van der Waals surface area contributed by atoms with E-state index >= 15 is 0 Å². The number of nitro benzene ring substituents is 1. The molecule has 0 aliphatic carbocycles. The van der Waals surface area contributed by atoms with Crippen molar-refractivity contribution in [3.05, 3.63) is 51.8 Å². The van der Waals surface area contributed by atoms with E-state index in [2.05, 4.69) is 10.3 Å². The van der Waals surface area contributed by atoms with Gasteiger partial charge in [-0.2, -0.15) is 0 Å². The monoisotopic (exact) mass is 261 g/mol. The molecule has 1 aromatic heterocycles. The summed E-state index contributed by atoms with van der Waals surface area (Å²) in [7, 11) is 0. The molecular weight excluding hydrogens is 246 g/mol. The number of hydrogen-bond donors (Lipinski definition) is 1. The van der Waals surface area contributed by atoms with Gasteiger partial charge >= 0.3 is 0 Å². The van der Waals surface area contributed by atoms with E-state index < -0.39 is 0 Å². The summed E-state index contributed by atoms with van der Waals surface area (Å²) in [6, 6.07) is 6.54. The fourth-order valence-corrected chi connectivity index (χ4v) is 1.77. The lowest BCUT2D eigenvalue weighted by atomic mass is 10.1. The second-order valence-electron chi connectivity index (χ2n) is 4.33. The topological polar surface area (TPSA) is 99.9 Å². The zero-order chi connectivity index (χ0) is 13.8. The maximum absolute atomic E-state index is 10.9. The maximum atomic E-state index is 10.9. The largest absolute Gasteiger partial charge is 0.323 e. The summed E-state index contributed by atoms with van der Waals surface area (Å²) in [5.74, 6) is 0. The van der Waals surface area contributed by atoms with Crippen LogP contribution in [0.1, 0.15) is 24.2 Å². The van der Waals surface area contributed by atoms with E-state index in [0.717, 1.165) is 0 Å². The van der Waals surface area contributed by atoms with Crippen LogP contribution in [0.2, 0.25) is 0 Å². The molecule has 7 nitrogen and oxygen atoms in total. The molecule has 1 unspecified atom stereocenters. The van der Waals surface area contributed by atoms with Crippen molar-refractivity contribution in [1.82, 2.24) is 15.0 Å². The van der Waals surface area contributed by atoms with Crippen LogP contribution in [-0.4, -0.2) is 19.9 Å². The molecule has 0 aliphatic rings. The van der Waals surface area contributed by atoms with Crippen molar-refractivity contribution in [3.8, 4) is 0 Å². The molecule has 2 rings (SSSR count). The number of nitro groups is 1. The second kappa shape index (κ2) is 5.57. The van der Waals surface area contributed by atoms with Crippen molar-refractivity contribution in [3.63, 3.8) is 0 Å². The van der Waals surface area contributed by atoms with Crippen LogP contribution in [0.3, 0.4) is 0 Å². The Kier molecular flexibility index (Phi) is 3.86. The van der Waals surface area contributed by atoms with Crippen LogP contribution in [0.15, 0.2) is 30.5 Å². The summed E-state index contributed by atoms with van der Waals surface area (Å²) in [5.41, 5.74) is 7.22. The van der Waals surface area contributed by atoms with Crippen molar-refractivity contribution >= 4 is 5.69 Å². The fourth-order valence-electron chi connectivity index (χ4n) is 1.77. The van der Waals surface area contributed by atoms with Gasteiger partial charge in [-0.15, -0.1) is 5.10 Å². The molecule has 100 valence electrons. The van der Waals surface area contributed by atoms with Gasteiger partial charge in [-0.1, -0.05) is 23.4 Å². The maximum Gasteiger partial charge on any atom is 0.272 e. The minimum Gasteiger partial charge on any atom is -0.323 e. The number of aryl methyl sites for hydroxylation is 2. The van der Waals surface area contributed by atoms with Crippen molar-refractivity contribution in [2.24, 2.45) is 5.73 Å². The van der Waals surface area contributed by atoms with Gasteiger partial charge in [0, 0.05) is 24.2 Å². The number of benzene rings is 1. The molecule has 1 atom stereocenters. The Bertz CT molecular complexity index is 579. The molecule has 0 amide bonds. The van der Waals surface area contributed by atoms with Gasteiger partial charge in [-0.3, -0.25) is 14.8 Å². The van der Waals surface area contributed by atoms with Gasteiger partial charge in [0.05, 0.1) is 16.8 Å². The zero-order valence-electron chi connectivity index (χ0n) is 10.6. The highest BCUT2D eigenvalue weighted by Crippen LogP contribution is 2.18. The van der Waals surface area contributed by atoms with E-state index in [-0.39, 0.29) is 16.7 Å². The van der Waals surface area contributed by atoms with Gasteiger partial charge in [0.25, 0.3) is 5.69 Å². The molecule has 0 spiro atoms. The fraction of sp³-hybridized carbons (Fsp3) is 0.333. The predicted molar refractivity (Wildman–Crippen MR) is 69.4 cm³/mol. The average Bonchev–Trinajstić information content (AvgIpc) is 2.85. The predicted octanol–water partition coefficient (Wildman–Crippen LogP) is 1.45. The SMILES string of the molecule is CC(N)c1cn(CCc2ccccc2[N+](=O)[O-])nn1. The van der Waals surface area contributed by atoms with E-state index in [9.17, 15) is 10.1 Å². The smallest absolute Gasteiger partial charge is 0.272 e. The highest BCUT2D eigenvalue weighted by molar-refractivity contribution is 5.39. The van der Waals surface area contributed by atoms with Crippen LogP contribution in [0.4, 0.5) is 5.69 Å². The molecule has 0 fully saturated rings. The first-order valence-electron chi connectivity index (χ1n) is 5.96. The number of hydrogen-bond acceptors (Lipinski definition) is 5. The van der Waals surface area contributed by atoms with E-state index in [4.69, 9.17) is 5.73 Å². The van der Waals surface area contributed by atoms with Crippen LogP contribution in [-0.2, 0) is 13.0 Å². The molecule has 0 saturated carbocycles. The lowest BCUT2D eigenvalue weighted by Crippen LogP contribution is -2.05. The first kappa shape index (κ1) is 13.2. The Labute approximate surface area is 110 Å². The van der Waals surface area contributed by atoms with E-state index in [1.165, 1.54) is 6.07 Å². The zero-order valence-corrected chi connectivity index (χ0v) is 10.6. The summed E-state index contributed by atoms with van der Waals surface area (Å²) < 4.78 is 1.65. The highest BCUT2D eigenvalue weighted by Gasteiger charge is 2.12. The standard InChI is InChI=1S/C12H15N5O2/c1-9(13)11-8-16(15-14-11)7-6-10-4-2-3-5-12(10)17(18)19/h2-5,8-9H,6-7,13H2,1H3. The third-order valence-electron chi connectivity index (χ3n) is 2.82. The van der Waals surface area contributed by atoms with Crippen LogP contribution >= 0.6 is 0 Å². The van der Waals surface area contributed by atoms with Gasteiger partial charge in [0.15, 0.2) is 0 Å². The lowest BCUT2D eigenvalue weighted by Gasteiger charge is -2.02. The van der Waals surface area contributed by atoms with Gasteiger partial charge in [-0.25, -0.2) is 0 Å². The first-order valence-corrected chi connectivity index (χ1v) is 5.96. The third-order valence-corrected chi connectivity index (χ3v) is 2.82. The average molecular weight is 261 g/mol. The minimum atomic E-state index is -0.371. The first-order chi connectivity index (χ1) is 9.08.